The number of hydrogen-bond acceptors (Lipinski definition) is 3. The Balaban J connectivity index is 1.83. The highest BCUT2D eigenvalue weighted by molar-refractivity contribution is 5.93. The van der Waals surface area contributed by atoms with E-state index < -0.39 is 11.7 Å². The zero-order chi connectivity index (χ0) is 15.9. The summed E-state index contributed by atoms with van der Waals surface area (Å²) in [6.07, 6.45) is 2.38. The number of rotatable bonds is 4. The Labute approximate surface area is 127 Å². The maximum Gasteiger partial charge on any atom is 0.287 e. The van der Waals surface area contributed by atoms with E-state index in [2.05, 4.69) is 19.2 Å². The third kappa shape index (κ3) is 2.89. The van der Waals surface area contributed by atoms with Crippen molar-refractivity contribution in [3.63, 3.8) is 0 Å². The van der Waals surface area contributed by atoms with E-state index >= 15 is 0 Å². The smallest absolute Gasteiger partial charge is 0.287 e. The molecule has 3 rings (SSSR count). The first-order valence-electron chi connectivity index (χ1n) is 7.38. The zero-order valence-electron chi connectivity index (χ0n) is 12.6. The number of amides is 1. The van der Waals surface area contributed by atoms with Crippen LogP contribution in [0.3, 0.4) is 0 Å². The highest BCUT2D eigenvalue weighted by Crippen LogP contribution is 2.44. The molecule has 0 aliphatic heterocycles. The average molecular weight is 303 g/mol. The lowest BCUT2D eigenvalue weighted by Gasteiger charge is -2.24. The lowest BCUT2D eigenvalue weighted by atomic mass is 9.87. The van der Waals surface area contributed by atoms with E-state index in [4.69, 9.17) is 4.42 Å². The van der Waals surface area contributed by atoms with Crippen molar-refractivity contribution in [1.29, 1.82) is 0 Å². The summed E-state index contributed by atoms with van der Waals surface area (Å²) in [4.78, 5) is 24.1. The summed E-state index contributed by atoms with van der Waals surface area (Å²) in [7, 11) is 0. The average Bonchev–Trinajstić information content (AvgIpc) is 3.29. The molecule has 0 saturated heterocycles. The molecule has 0 radical (unpaired) electrons. The lowest BCUT2D eigenvalue weighted by Crippen LogP contribution is -2.35. The first-order valence-corrected chi connectivity index (χ1v) is 7.38. The number of halogens is 1. The van der Waals surface area contributed by atoms with Gasteiger partial charge < -0.3 is 9.73 Å². The molecule has 1 saturated carbocycles. The molecule has 116 valence electrons. The van der Waals surface area contributed by atoms with Crippen LogP contribution in [0.25, 0.3) is 11.0 Å². The fourth-order valence-electron chi connectivity index (χ4n) is 2.65. The topological polar surface area (TPSA) is 59.3 Å². The minimum Gasteiger partial charge on any atom is -0.451 e. The van der Waals surface area contributed by atoms with Gasteiger partial charge >= 0.3 is 0 Å². The van der Waals surface area contributed by atoms with Crippen LogP contribution in [-0.4, -0.2) is 12.5 Å². The molecular weight excluding hydrogens is 285 g/mol. The van der Waals surface area contributed by atoms with Crippen LogP contribution >= 0.6 is 0 Å². The van der Waals surface area contributed by atoms with Crippen molar-refractivity contribution in [2.24, 2.45) is 11.3 Å². The Morgan fingerprint density at radius 1 is 1.36 bits per heavy atom. The lowest BCUT2D eigenvalue weighted by molar-refractivity contribution is 0.0904. The number of carbonyl (C=O) groups is 1. The predicted molar refractivity (Wildman–Crippen MR) is 81.3 cm³/mol. The molecule has 1 aromatic carbocycles. The van der Waals surface area contributed by atoms with Gasteiger partial charge in [-0.1, -0.05) is 13.8 Å². The van der Waals surface area contributed by atoms with Gasteiger partial charge in [0.05, 0.1) is 5.39 Å². The van der Waals surface area contributed by atoms with E-state index in [1.54, 1.807) is 0 Å². The molecule has 1 aliphatic rings. The maximum absolute atomic E-state index is 13.2. The molecule has 2 aromatic rings. The van der Waals surface area contributed by atoms with Crippen molar-refractivity contribution in [3.05, 3.63) is 46.1 Å². The highest BCUT2D eigenvalue weighted by Gasteiger charge is 2.37. The summed E-state index contributed by atoms with van der Waals surface area (Å²) in [5, 5.41) is 3.06. The Morgan fingerprint density at radius 2 is 2.09 bits per heavy atom. The van der Waals surface area contributed by atoms with Gasteiger partial charge in [0.2, 0.25) is 0 Å². The fourth-order valence-corrected chi connectivity index (χ4v) is 2.65. The Kier molecular flexibility index (Phi) is 3.51. The molecule has 5 heteroatoms. The van der Waals surface area contributed by atoms with Crippen LogP contribution in [0.4, 0.5) is 4.39 Å². The monoisotopic (exact) mass is 303 g/mol. The second-order valence-corrected chi connectivity index (χ2v) is 6.56. The summed E-state index contributed by atoms with van der Waals surface area (Å²) in [6.45, 7) is 4.73. The standard InChI is InChI=1S/C17H18FNO3/c1-17(2,10-3-4-10)9-19-16(21)15-8-13(20)12-6-5-11(18)7-14(12)22-15/h5-8,10H,3-4,9H2,1-2H3,(H,19,21). The number of hydrogen-bond donors (Lipinski definition) is 1. The molecule has 1 heterocycles. The molecule has 0 unspecified atom stereocenters. The van der Waals surface area contributed by atoms with Crippen LogP contribution in [0.5, 0.6) is 0 Å². The number of nitrogens with one attached hydrogen (secondary N) is 1. The second kappa shape index (κ2) is 5.23. The highest BCUT2D eigenvalue weighted by atomic mass is 19.1. The van der Waals surface area contributed by atoms with Crippen molar-refractivity contribution < 1.29 is 13.6 Å². The van der Waals surface area contributed by atoms with Crippen molar-refractivity contribution in [1.82, 2.24) is 5.32 Å². The minimum absolute atomic E-state index is 0.0267. The third-order valence-electron chi connectivity index (χ3n) is 4.30. The van der Waals surface area contributed by atoms with E-state index in [1.165, 1.54) is 25.0 Å². The molecule has 1 aliphatic carbocycles. The molecule has 1 aromatic heterocycles. The van der Waals surface area contributed by atoms with E-state index in [0.29, 0.717) is 12.5 Å². The predicted octanol–water partition coefficient (Wildman–Crippen LogP) is 3.10. The van der Waals surface area contributed by atoms with Gasteiger partial charge in [0.1, 0.15) is 11.4 Å². The van der Waals surface area contributed by atoms with Gasteiger partial charge in [-0.2, -0.15) is 0 Å². The number of benzene rings is 1. The molecule has 0 atom stereocenters. The second-order valence-electron chi connectivity index (χ2n) is 6.56. The van der Waals surface area contributed by atoms with Gasteiger partial charge in [0.15, 0.2) is 11.2 Å². The molecule has 22 heavy (non-hydrogen) atoms. The molecule has 4 nitrogen and oxygen atoms in total. The van der Waals surface area contributed by atoms with Gasteiger partial charge in [-0.05, 0) is 36.3 Å². The maximum atomic E-state index is 13.2. The van der Waals surface area contributed by atoms with Crippen LogP contribution in [-0.2, 0) is 0 Å². The van der Waals surface area contributed by atoms with E-state index in [9.17, 15) is 14.0 Å². The van der Waals surface area contributed by atoms with Crippen LogP contribution < -0.4 is 10.7 Å². The largest absolute Gasteiger partial charge is 0.451 e. The fraction of sp³-hybridized carbons (Fsp3) is 0.412. The Morgan fingerprint density at radius 3 is 2.77 bits per heavy atom. The van der Waals surface area contributed by atoms with Crippen molar-refractivity contribution in [2.45, 2.75) is 26.7 Å². The summed E-state index contributed by atoms with van der Waals surface area (Å²) in [6, 6.07) is 4.81. The van der Waals surface area contributed by atoms with Gasteiger partial charge in [-0.25, -0.2) is 4.39 Å². The van der Waals surface area contributed by atoms with E-state index in [-0.39, 0.29) is 27.6 Å². The van der Waals surface area contributed by atoms with Crippen molar-refractivity contribution in [2.75, 3.05) is 6.54 Å². The SMILES string of the molecule is CC(C)(CNC(=O)c1cc(=O)c2ccc(F)cc2o1)C1CC1. The molecule has 0 spiro atoms. The van der Waals surface area contributed by atoms with Crippen LogP contribution in [0.15, 0.2) is 33.5 Å². The van der Waals surface area contributed by atoms with Crippen LogP contribution in [0.2, 0.25) is 0 Å². The first kappa shape index (κ1) is 14.8. The Hall–Kier alpha value is -2.17. The third-order valence-corrected chi connectivity index (χ3v) is 4.30. The molecule has 1 N–H and O–H groups in total. The van der Waals surface area contributed by atoms with Crippen molar-refractivity contribution >= 4 is 16.9 Å². The number of carbonyl (C=O) groups excluding carboxylic acids is 1. The normalized spacial score (nSPS) is 15.0. The molecule has 0 bridgehead atoms. The molecular formula is C17H18FNO3. The quantitative estimate of drug-likeness (QED) is 0.944. The Bertz CT molecular complexity index is 790. The van der Waals surface area contributed by atoms with E-state index in [1.807, 2.05) is 0 Å². The van der Waals surface area contributed by atoms with Crippen LogP contribution in [0.1, 0.15) is 37.2 Å². The summed E-state index contributed by atoms with van der Waals surface area (Å²) in [5.74, 6) is -0.416. The van der Waals surface area contributed by atoms with E-state index in [0.717, 1.165) is 12.1 Å². The van der Waals surface area contributed by atoms with Gasteiger partial charge in [-0.3, -0.25) is 9.59 Å². The summed E-state index contributed by atoms with van der Waals surface area (Å²) in [5.41, 5.74) is -0.245. The first-order chi connectivity index (χ1) is 10.4. The van der Waals surface area contributed by atoms with Crippen LogP contribution in [0, 0.1) is 17.2 Å². The van der Waals surface area contributed by atoms with Gasteiger partial charge in [0, 0.05) is 18.7 Å². The van der Waals surface area contributed by atoms with Gasteiger partial charge in [-0.15, -0.1) is 0 Å². The summed E-state index contributed by atoms with van der Waals surface area (Å²) >= 11 is 0. The summed E-state index contributed by atoms with van der Waals surface area (Å²) < 4.78 is 18.6. The van der Waals surface area contributed by atoms with Crippen molar-refractivity contribution in [3.8, 4) is 0 Å². The minimum atomic E-state index is -0.511. The number of fused-ring (bicyclic) bond motifs is 1. The molecule has 1 amide bonds. The molecule has 1 fully saturated rings. The van der Waals surface area contributed by atoms with Gasteiger partial charge in [0.25, 0.3) is 5.91 Å². The zero-order valence-corrected chi connectivity index (χ0v) is 12.6.